The zero-order valence-corrected chi connectivity index (χ0v) is 15.9. The van der Waals surface area contributed by atoms with Gasteiger partial charge in [-0.15, -0.1) is 0 Å². The van der Waals surface area contributed by atoms with Gasteiger partial charge in [0.2, 0.25) is 0 Å². The minimum Gasteiger partial charge on any atom is -0.363 e. The molecule has 0 aliphatic rings. The van der Waals surface area contributed by atoms with E-state index in [9.17, 15) is 9.18 Å². The monoisotopic (exact) mass is 374 g/mol. The molecule has 2 heterocycles. The minimum atomic E-state index is -0.612. The Balaban J connectivity index is 2.32. The van der Waals surface area contributed by atoms with E-state index >= 15 is 0 Å². The summed E-state index contributed by atoms with van der Waals surface area (Å²) in [7, 11) is 0. The Kier molecular flexibility index (Phi) is 7.20. The summed E-state index contributed by atoms with van der Waals surface area (Å²) in [6.07, 6.45) is 3.65. The van der Waals surface area contributed by atoms with Crippen LogP contribution in [0.2, 0.25) is 0 Å². The standard InChI is InChI=1S/C19H27FN6O/c1-11-7-15(9-23-13(11)3)24-18-14(10-27)8-16(20)19(26-18)25-17(12(2)22)5-4-6-21/h7-10,12,17H,4-6,21-22H2,1-3H3,(H2,24,25,26)/t12-,17+/m0/s1. The van der Waals surface area contributed by atoms with Crippen LogP contribution in [0.5, 0.6) is 0 Å². The molecule has 2 aromatic rings. The average molecular weight is 374 g/mol. The maximum Gasteiger partial charge on any atom is 0.166 e. The van der Waals surface area contributed by atoms with Crippen LogP contribution in [0.1, 0.15) is 41.4 Å². The highest BCUT2D eigenvalue weighted by Gasteiger charge is 2.18. The van der Waals surface area contributed by atoms with Crippen molar-refractivity contribution in [3.05, 3.63) is 41.0 Å². The lowest BCUT2D eigenvalue weighted by molar-refractivity contribution is 0.112. The number of anilines is 3. The van der Waals surface area contributed by atoms with Gasteiger partial charge in [-0.05, 0) is 57.9 Å². The van der Waals surface area contributed by atoms with Crippen LogP contribution in [0.15, 0.2) is 18.3 Å². The second-order valence-corrected chi connectivity index (χ2v) is 6.67. The van der Waals surface area contributed by atoms with Crippen molar-refractivity contribution in [3.8, 4) is 0 Å². The number of nitrogens with two attached hydrogens (primary N) is 2. The van der Waals surface area contributed by atoms with E-state index in [1.807, 2.05) is 26.8 Å². The lowest BCUT2D eigenvalue weighted by atomic mass is 10.0. The summed E-state index contributed by atoms with van der Waals surface area (Å²) in [6.45, 7) is 6.21. The summed E-state index contributed by atoms with van der Waals surface area (Å²) in [5, 5.41) is 6.08. The molecule has 2 aromatic heterocycles. The van der Waals surface area contributed by atoms with Gasteiger partial charge in [-0.2, -0.15) is 0 Å². The van der Waals surface area contributed by atoms with Crippen LogP contribution >= 0.6 is 0 Å². The van der Waals surface area contributed by atoms with Gasteiger partial charge in [-0.3, -0.25) is 9.78 Å². The topological polar surface area (TPSA) is 119 Å². The number of aryl methyl sites for hydroxylation is 2. The van der Waals surface area contributed by atoms with Crippen LogP contribution in [0.3, 0.4) is 0 Å². The average Bonchev–Trinajstić information content (AvgIpc) is 2.63. The van der Waals surface area contributed by atoms with Crippen molar-refractivity contribution in [3.63, 3.8) is 0 Å². The van der Waals surface area contributed by atoms with E-state index in [0.29, 0.717) is 24.9 Å². The van der Waals surface area contributed by atoms with Gasteiger partial charge in [-0.1, -0.05) is 0 Å². The Morgan fingerprint density at radius 2 is 2.04 bits per heavy atom. The highest BCUT2D eigenvalue weighted by atomic mass is 19.1. The Bertz CT molecular complexity index is 796. The number of aldehydes is 1. The van der Waals surface area contributed by atoms with Crippen molar-refractivity contribution in [2.75, 3.05) is 17.2 Å². The number of hydrogen-bond acceptors (Lipinski definition) is 7. The number of rotatable bonds is 9. The van der Waals surface area contributed by atoms with E-state index < -0.39 is 5.82 Å². The van der Waals surface area contributed by atoms with Crippen LogP contribution in [-0.4, -0.2) is 34.9 Å². The van der Waals surface area contributed by atoms with Crippen molar-refractivity contribution in [2.45, 2.75) is 45.7 Å². The molecule has 27 heavy (non-hydrogen) atoms. The summed E-state index contributed by atoms with van der Waals surface area (Å²) >= 11 is 0. The van der Waals surface area contributed by atoms with Gasteiger partial charge < -0.3 is 22.1 Å². The molecule has 146 valence electrons. The number of pyridine rings is 2. The first-order valence-corrected chi connectivity index (χ1v) is 8.93. The molecule has 0 aromatic carbocycles. The highest BCUT2D eigenvalue weighted by molar-refractivity contribution is 5.85. The van der Waals surface area contributed by atoms with Gasteiger partial charge in [-0.25, -0.2) is 9.37 Å². The van der Waals surface area contributed by atoms with Gasteiger partial charge in [0, 0.05) is 17.8 Å². The summed E-state index contributed by atoms with van der Waals surface area (Å²) < 4.78 is 14.4. The third kappa shape index (κ3) is 5.45. The van der Waals surface area contributed by atoms with E-state index in [1.54, 1.807) is 6.20 Å². The normalized spacial score (nSPS) is 13.1. The van der Waals surface area contributed by atoms with E-state index in [-0.39, 0.29) is 29.3 Å². The Hall–Kier alpha value is -2.58. The molecule has 0 radical (unpaired) electrons. The van der Waals surface area contributed by atoms with Gasteiger partial charge in [0.25, 0.3) is 0 Å². The maximum atomic E-state index is 14.4. The summed E-state index contributed by atoms with van der Waals surface area (Å²) in [6, 6.07) is 2.64. The number of nitrogens with zero attached hydrogens (tertiary/aromatic N) is 2. The fourth-order valence-corrected chi connectivity index (χ4v) is 2.62. The van der Waals surface area contributed by atoms with Crippen LogP contribution in [0.4, 0.5) is 21.7 Å². The third-order valence-corrected chi connectivity index (χ3v) is 4.41. The second kappa shape index (κ2) is 9.38. The van der Waals surface area contributed by atoms with Crippen LogP contribution in [0, 0.1) is 19.7 Å². The first-order chi connectivity index (χ1) is 12.8. The van der Waals surface area contributed by atoms with Crippen molar-refractivity contribution >= 4 is 23.6 Å². The predicted octanol–water partition coefficient (Wildman–Crippen LogP) is 2.66. The summed E-state index contributed by atoms with van der Waals surface area (Å²) in [5.41, 5.74) is 14.2. The third-order valence-electron chi connectivity index (χ3n) is 4.41. The molecule has 0 fully saturated rings. The Labute approximate surface area is 158 Å². The number of carbonyl (C=O) groups excluding carboxylic acids is 1. The molecule has 2 rings (SSSR count). The molecular formula is C19H27FN6O. The molecule has 0 aliphatic carbocycles. The van der Waals surface area contributed by atoms with Crippen LogP contribution in [0.25, 0.3) is 0 Å². The molecule has 0 spiro atoms. The fraction of sp³-hybridized carbons (Fsp3) is 0.421. The number of nitrogens with one attached hydrogen (secondary N) is 2. The van der Waals surface area contributed by atoms with E-state index in [2.05, 4.69) is 20.6 Å². The van der Waals surface area contributed by atoms with Crippen molar-refractivity contribution in [1.29, 1.82) is 0 Å². The molecule has 0 saturated heterocycles. The molecule has 6 N–H and O–H groups in total. The summed E-state index contributed by atoms with van der Waals surface area (Å²) in [4.78, 5) is 19.9. The molecule has 0 unspecified atom stereocenters. The van der Waals surface area contributed by atoms with E-state index in [1.165, 1.54) is 0 Å². The molecule has 0 amide bonds. The molecular weight excluding hydrogens is 347 g/mol. The van der Waals surface area contributed by atoms with Crippen molar-refractivity contribution in [2.24, 2.45) is 11.5 Å². The lowest BCUT2D eigenvalue weighted by Crippen LogP contribution is -2.38. The number of hydrogen-bond donors (Lipinski definition) is 4. The fourth-order valence-electron chi connectivity index (χ4n) is 2.62. The largest absolute Gasteiger partial charge is 0.363 e. The molecule has 0 saturated carbocycles. The number of halogens is 1. The molecule has 2 atom stereocenters. The zero-order chi connectivity index (χ0) is 20.0. The van der Waals surface area contributed by atoms with Crippen molar-refractivity contribution < 1.29 is 9.18 Å². The van der Waals surface area contributed by atoms with E-state index in [4.69, 9.17) is 11.5 Å². The first-order valence-electron chi connectivity index (χ1n) is 8.93. The molecule has 0 bridgehead atoms. The van der Waals surface area contributed by atoms with Gasteiger partial charge in [0.1, 0.15) is 5.82 Å². The molecule has 7 nitrogen and oxygen atoms in total. The Morgan fingerprint density at radius 3 is 2.63 bits per heavy atom. The second-order valence-electron chi connectivity index (χ2n) is 6.67. The lowest BCUT2D eigenvalue weighted by Gasteiger charge is -2.23. The summed E-state index contributed by atoms with van der Waals surface area (Å²) in [5.74, 6) is -0.320. The van der Waals surface area contributed by atoms with Crippen molar-refractivity contribution in [1.82, 2.24) is 9.97 Å². The van der Waals surface area contributed by atoms with Crippen LogP contribution in [-0.2, 0) is 0 Å². The maximum absolute atomic E-state index is 14.4. The van der Waals surface area contributed by atoms with Gasteiger partial charge in [0.15, 0.2) is 17.9 Å². The molecule has 8 heteroatoms. The Morgan fingerprint density at radius 1 is 1.30 bits per heavy atom. The SMILES string of the molecule is Cc1cc(Nc2nc(N[C@H](CCCN)[C@H](C)N)c(F)cc2C=O)cnc1C. The quantitative estimate of drug-likeness (QED) is 0.498. The minimum absolute atomic E-state index is 0.0409. The highest BCUT2D eigenvalue weighted by Crippen LogP contribution is 2.24. The predicted molar refractivity (Wildman–Crippen MR) is 106 cm³/mol. The van der Waals surface area contributed by atoms with E-state index in [0.717, 1.165) is 23.7 Å². The van der Waals surface area contributed by atoms with Crippen LogP contribution < -0.4 is 22.1 Å². The van der Waals surface area contributed by atoms with Gasteiger partial charge in [0.05, 0.1) is 17.4 Å². The number of carbonyl (C=O) groups is 1. The van der Waals surface area contributed by atoms with Gasteiger partial charge >= 0.3 is 0 Å². The smallest absolute Gasteiger partial charge is 0.166 e. The molecule has 0 aliphatic heterocycles. The first kappa shape index (κ1) is 20.7. The number of aromatic nitrogens is 2. The zero-order valence-electron chi connectivity index (χ0n) is 15.9.